The lowest BCUT2D eigenvalue weighted by Crippen LogP contribution is -2.24. The topological polar surface area (TPSA) is 46.3 Å². The van der Waals surface area contributed by atoms with E-state index in [-0.39, 0.29) is 11.7 Å². The predicted octanol–water partition coefficient (Wildman–Crippen LogP) is 4.65. The third kappa shape index (κ3) is 3.36. The molecule has 0 aliphatic carbocycles. The van der Waals surface area contributed by atoms with Crippen molar-refractivity contribution in [3.05, 3.63) is 51.8 Å². The summed E-state index contributed by atoms with van der Waals surface area (Å²) in [6.45, 7) is 1.86. The Morgan fingerprint density at radius 2 is 1.84 bits per heavy atom. The van der Waals surface area contributed by atoms with Crippen molar-refractivity contribution < 1.29 is 13.2 Å². The molecular weight excluding hydrogens is 378 g/mol. The Morgan fingerprint density at radius 1 is 1.12 bits per heavy atom. The molecule has 3 rings (SSSR count). The van der Waals surface area contributed by atoms with Crippen molar-refractivity contribution >= 4 is 34.7 Å². The molecule has 10 heteroatoms. The molecule has 25 heavy (non-hydrogen) atoms. The molecular formula is C15H12Cl2F3N5. The van der Waals surface area contributed by atoms with E-state index in [9.17, 15) is 13.2 Å². The van der Waals surface area contributed by atoms with Gasteiger partial charge in [0, 0.05) is 17.1 Å². The highest BCUT2D eigenvalue weighted by atomic mass is 35.5. The SMILES string of the molecule is CC(c1ccc(Cl)cc1Cl)N(C)c1ccc2nnc(C(F)(F)F)n2n1. The first-order chi connectivity index (χ1) is 11.7. The highest BCUT2D eigenvalue weighted by molar-refractivity contribution is 6.35. The first-order valence-electron chi connectivity index (χ1n) is 7.16. The average molecular weight is 390 g/mol. The van der Waals surface area contributed by atoms with Gasteiger partial charge in [0.1, 0.15) is 5.82 Å². The molecule has 0 amide bonds. The zero-order valence-corrected chi connectivity index (χ0v) is 14.6. The summed E-state index contributed by atoms with van der Waals surface area (Å²) < 4.78 is 39.7. The van der Waals surface area contributed by atoms with E-state index in [0.717, 1.165) is 5.56 Å². The Hall–Kier alpha value is -2.06. The van der Waals surface area contributed by atoms with Gasteiger partial charge in [0.05, 0.1) is 6.04 Å². The Bertz CT molecular complexity index is 925. The molecule has 3 aromatic rings. The standard InChI is InChI=1S/C15H12Cl2F3N5/c1-8(10-4-3-9(16)7-11(10)17)24(2)13-6-5-12-21-22-14(15(18,19)20)25(12)23-13/h3-8H,1-2H3. The Labute approximate surface area is 151 Å². The molecule has 1 atom stereocenters. The quantitative estimate of drug-likeness (QED) is 0.654. The molecule has 1 unspecified atom stereocenters. The zero-order valence-electron chi connectivity index (χ0n) is 13.1. The molecule has 0 N–H and O–H groups in total. The number of fused-ring (bicyclic) bond motifs is 1. The Balaban J connectivity index is 2.00. The van der Waals surface area contributed by atoms with Gasteiger partial charge in [0.25, 0.3) is 5.82 Å². The number of nitrogens with zero attached hydrogens (tertiary/aromatic N) is 5. The summed E-state index contributed by atoms with van der Waals surface area (Å²) in [6, 6.07) is 7.83. The summed E-state index contributed by atoms with van der Waals surface area (Å²) in [5.41, 5.74) is 0.789. The minimum absolute atomic E-state index is 0.0154. The van der Waals surface area contributed by atoms with Crippen molar-refractivity contribution in [2.24, 2.45) is 0 Å². The van der Waals surface area contributed by atoms with E-state index in [4.69, 9.17) is 23.2 Å². The predicted molar refractivity (Wildman–Crippen MR) is 89.1 cm³/mol. The molecule has 2 aromatic heterocycles. The maximum atomic E-state index is 13.0. The van der Waals surface area contributed by atoms with Gasteiger partial charge in [-0.3, -0.25) is 0 Å². The summed E-state index contributed by atoms with van der Waals surface area (Å²) in [7, 11) is 1.71. The van der Waals surface area contributed by atoms with Gasteiger partial charge in [0.2, 0.25) is 0 Å². The monoisotopic (exact) mass is 389 g/mol. The molecule has 1 aromatic carbocycles. The van der Waals surface area contributed by atoms with E-state index in [1.54, 1.807) is 36.2 Å². The van der Waals surface area contributed by atoms with E-state index >= 15 is 0 Å². The molecule has 0 fully saturated rings. The van der Waals surface area contributed by atoms with Crippen molar-refractivity contribution in [1.82, 2.24) is 19.8 Å². The van der Waals surface area contributed by atoms with E-state index in [1.165, 1.54) is 6.07 Å². The lowest BCUT2D eigenvalue weighted by molar-refractivity contribution is -0.146. The first kappa shape index (κ1) is 17.8. The van der Waals surface area contributed by atoms with E-state index < -0.39 is 12.0 Å². The second-order valence-electron chi connectivity index (χ2n) is 5.44. The van der Waals surface area contributed by atoms with Crippen LogP contribution in [0.3, 0.4) is 0 Å². The van der Waals surface area contributed by atoms with Crippen LogP contribution < -0.4 is 4.90 Å². The van der Waals surface area contributed by atoms with Gasteiger partial charge in [0.15, 0.2) is 5.65 Å². The number of benzene rings is 1. The fraction of sp³-hybridized carbons (Fsp3) is 0.267. The molecule has 0 radical (unpaired) electrons. The Kier molecular flexibility index (Phi) is 4.51. The van der Waals surface area contributed by atoms with Gasteiger partial charge in [-0.05, 0) is 36.8 Å². The number of hydrogen-bond donors (Lipinski definition) is 0. The van der Waals surface area contributed by atoms with Gasteiger partial charge in [-0.15, -0.1) is 15.3 Å². The van der Waals surface area contributed by atoms with Gasteiger partial charge >= 0.3 is 6.18 Å². The fourth-order valence-electron chi connectivity index (χ4n) is 2.39. The molecule has 2 heterocycles. The largest absolute Gasteiger partial charge is 0.453 e. The average Bonchev–Trinajstić information content (AvgIpc) is 2.96. The van der Waals surface area contributed by atoms with Crippen LogP contribution in [-0.2, 0) is 6.18 Å². The number of rotatable bonds is 3. The number of alkyl halides is 3. The van der Waals surface area contributed by atoms with Gasteiger partial charge in [-0.1, -0.05) is 29.3 Å². The second kappa shape index (κ2) is 6.34. The highest BCUT2D eigenvalue weighted by Crippen LogP contribution is 2.32. The molecule has 0 bridgehead atoms. The molecule has 5 nitrogen and oxygen atoms in total. The van der Waals surface area contributed by atoms with Crippen LogP contribution in [0.25, 0.3) is 5.65 Å². The maximum Gasteiger partial charge on any atom is 0.453 e. The second-order valence-corrected chi connectivity index (χ2v) is 6.28. The van der Waals surface area contributed by atoms with Crippen molar-refractivity contribution in [2.75, 3.05) is 11.9 Å². The minimum Gasteiger partial charge on any atom is -0.351 e. The van der Waals surface area contributed by atoms with Crippen LogP contribution in [-0.4, -0.2) is 26.9 Å². The highest BCUT2D eigenvalue weighted by Gasteiger charge is 2.37. The summed E-state index contributed by atoms with van der Waals surface area (Å²) in [5.74, 6) is -0.855. The van der Waals surface area contributed by atoms with Crippen LogP contribution in [0.5, 0.6) is 0 Å². The summed E-state index contributed by atoms with van der Waals surface area (Å²) in [5, 5.41) is 11.6. The van der Waals surface area contributed by atoms with Crippen molar-refractivity contribution in [2.45, 2.75) is 19.1 Å². The van der Waals surface area contributed by atoms with Crippen molar-refractivity contribution in [3.8, 4) is 0 Å². The van der Waals surface area contributed by atoms with Crippen LogP contribution in [0, 0.1) is 0 Å². The number of anilines is 1. The maximum absolute atomic E-state index is 13.0. The molecule has 0 aliphatic heterocycles. The van der Waals surface area contributed by atoms with Gasteiger partial charge in [-0.25, -0.2) is 0 Å². The molecule has 0 saturated carbocycles. The third-order valence-electron chi connectivity index (χ3n) is 3.86. The van der Waals surface area contributed by atoms with Crippen molar-refractivity contribution in [1.29, 1.82) is 0 Å². The molecule has 132 valence electrons. The van der Waals surface area contributed by atoms with Crippen LogP contribution in [0.1, 0.15) is 24.4 Å². The Morgan fingerprint density at radius 3 is 2.48 bits per heavy atom. The molecule has 0 saturated heterocycles. The minimum atomic E-state index is -4.64. The van der Waals surface area contributed by atoms with Crippen LogP contribution in [0.4, 0.5) is 19.0 Å². The number of aromatic nitrogens is 4. The summed E-state index contributed by atoms with van der Waals surface area (Å²) >= 11 is 12.1. The van der Waals surface area contributed by atoms with E-state index in [1.807, 2.05) is 6.92 Å². The van der Waals surface area contributed by atoms with E-state index in [0.29, 0.717) is 20.4 Å². The zero-order chi connectivity index (χ0) is 18.4. The first-order valence-corrected chi connectivity index (χ1v) is 7.91. The number of halogens is 5. The summed E-state index contributed by atoms with van der Waals surface area (Å²) in [4.78, 5) is 1.70. The van der Waals surface area contributed by atoms with Gasteiger partial charge < -0.3 is 4.90 Å². The lowest BCUT2D eigenvalue weighted by Gasteiger charge is -2.27. The summed E-state index contributed by atoms with van der Waals surface area (Å²) in [6.07, 6.45) is -4.64. The smallest absolute Gasteiger partial charge is 0.351 e. The van der Waals surface area contributed by atoms with Crippen LogP contribution >= 0.6 is 23.2 Å². The molecule has 0 spiro atoms. The molecule has 0 aliphatic rings. The van der Waals surface area contributed by atoms with Gasteiger partial charge in [-0.2, -0.15) is 17.7 Å². The van der Waals surface area contributed by atoms with Crippen LogP contribution in [0.15, 0.2) is 30.3 Å². The third-order valence-corrected chi connectivity index (χ3v) is 4.42. The van der Waals surface area contributed by atoms with Crippen molar-refractivity contribution in [3.63, 3.8) is 0 Å². The number of hydrogen-bond acceptors (Lipinski definition) is 4. The fourth-order valence-corrected chi connectivity index (χ4v) is 2.96. The normalized spacial score (nSPS) is 13.2. The van der Waals surface area contributed by atoms with Crippen LogP contribution in [0.2, 0.25) is 10.0 Å². The lowest BCUT2D eigenvalue weighted by atomic mass is 10.1. The van der Waals surface area contributed by atoms with E-state index in [2.05, 4.69) is 15.3 Å².